The Morgan fingerprint density at radius 3 is 2.64 bits per heavy atom. The maximum atomic E-state index is 5.27. The molecule has 0 bridgehead atoms. The van der Waals surface area contributed by atoms with Crippen LogP contribution in [0.25, 0.3) is 0 Å². The van der Waals surface area contributed by atoms with Crippen LogP contribution in [-0.4, -0.2) is 20.3 Å². The zero-order chi connectivity index (χ0) is 8.53. The molecule has 0 saturated carbocycles. The second-order valence-electron chi connectivity index (χ2n) is 2.14. The lowest BCUT2D eigenvalue weighted by Gasteiger charge is -2.03. The van der Waals surface area contributed by atoms with Crippen LogP contribution >= 0.6 is 0 Å². The van der Waals surface area contributed by atoms with Crippen LogP contribution in [0.2, 0.25) is 0 Å². The van der Waals surface area contributed by atoms with Crippen molar-refractivity contribution in [3.8, 4) is 0 Å². The van der Waals surface area contributed by atoms with Crippen LogP contribution in [0.15, 0.2) is 24.0 Å². The van der Waals surface area contributed by atoms with E-state index in [2.05, 4.69) is 0 Å². The van der Waals surface area contributed by atoms with Gasteiger partial charge in [-0.15, -0.1) is 0 Å². The summed E-state index contributed by atoms with van der Waals surface area (Å²) in [6.07, 6.45) is 5.83. The van der Waals surface area contributed by atoms with E-state index < -0.39 is 0 Å². The Morgan fingerprint density at radius 2 is 2.09 bits per heavy atom. The van der Waals surface area contributed by atoms with Crippen LogP contribution in [0.1, 0.15) is 13.8 Å². The lowest BCUT2D eigenvalue weighted by atomic mass is 10.4. The first-order chi connectivity index (χ1) is 5.31. The molecule has 2 heteroatoms. The SMILES string of the molecule is C/C=C\C=C(/C)OCCOC. The molecule has 0 aliphatic heterocycles. The quantitative estimate of drug-likeness (QED) is 0.345. The van der Waals surface area contributed by atoms with Gasteiger partial charge < -0.3 is 9.47 Å². The molecule has 2 nitrogen and oxygen atoms in total. The summed E-state index contributed by atoms with van der Waals surface area (Å²) in [4.78, 5) is 0. The second-order valence-corrected chi connectivity index (χ2v) is 2.14. The van der Waals surface area contributed by atoms with Crippen molar-refractivity contribution < 1.29 is 9.47 Å². The fourth-order valence-electron chi connectivity index (χ4n) is 0.566. The van der Waals surface area contributed by atoms with Gasteiger partial charge in [-0.3, -0.25) is 0 Å². The van der Waals surface area contributed by atoms with Gasteiger partial charge in [-0.05, 0) is 19.9 Å². The van der Waals surface area contributed by atoms with Crippen molar-refractivity contribution in [2.24, 2.45) is 0 Å². The highest BCUT2D eigenvalue weighted by Crippen LogP contribution is 1.94. The molecule has 0 rings (SSSR count). The first kappa shape index (κ1) is 10.2. The van der Waals surface area contributed by atoms with Gasteiger partial charge in [0.05, 0.1) is 12.4 Å². The smallest absolute Gasteiger partial charge is 0.111 e. The minimum atomic E-state index is 0.621. The number of allylic oxidation sites excluding steroid dienone is 4. The van der Waals surface area contributed by atoms with Crippen LogP contribution in [0.4, 0.5) is 0 Å². The largest absolute Gasteiger partial charge is 0.496 e. The number of rotatable bonds is 5. The normalized spacial score (nSPS) is 12.5. The predicted octanol–water partition coefficient (Wildman–Crippen LogP) is 2.13. The first-order valence-electron chi connectivity index (χ1n) is 3.72. The average molecular weight is 156 g/mol. The molecule has 0 aromatic heterocycles. The van der Waals surface area contributed by atoms with E-state index in [4.69, 9.17) is 9.47 Å². The topological polar surface area (TPSA) is 18.5 Å². The van der Waals surface area contributed by atoms with Crippen molar-refractivity contribution in [3.63, 3.8) is 0 Å². The molecular formula is C9H16O2. The van der Waals surface area contributed by atoms with E-state index in [-0.39, 0.29) is 0 Å². The van der Waals surface area contributed by atoms with Crippen LogP contribution in [0.3, 0.4) is 0 Å². The van der Waals surface area contributed by atoms with Crippen molar-refractivity contribution in [2.45, 2.75) is 13.8 Å². The summed E-state index contributed by atoms with van der Waals surface area (Å²) >= 11 is 0. The van der Waals surface area contributed by atoms with E-state index in [1.54, 1.807) is 7.11 Å². The number of methoxy groups -OCH3 is 1. The van der Waals surface area contributed by atoms with E-state index in [1.165, 1.54) is 0 Å². The van der Waals surface area contributed by atoms with Gasteiger partial charge >= 0.3 is 0 Å². The third-order valence-corrected chi connectivity index (χ3v) is 1.14. The van der Waals surface area contributed by atoms with E-state index >= 15 is 0 Å². The highest BCUT2D eigenvalue weighted by atomic mass is 16.5. The molecule has 0 atom stereocenters. The van der Waals surface area contributed by atoms with E-state index in [1.807, 2.05) is 32.1 Å². The summed E-state index contributed by atoms with van der Waals surface area (Å²) in [6.45, 7) is 5.16. The zero-order valence-corrected chi connectivity index (χ0v) is 7.46. The molecule has 64 valence electrons. The molecule has 0 unspecified atom stereocenters. The molecule has 0 aliphatic carbocycles. The average Bonchev–Trinajstić information content (AvgIpc) is 2.01. The van der Waals surface area contributed by atoms with Gasteiger partial charge in [-0.1, -0.05) is 12.2 Å². The minimum absolute atomic E-state index is 0.621. The van der Waals surface area contributed by atoms with Crippen molar-refractivity contribution >= 4 is 0 Å². The second kappa shape index (κ2) is 7.35. The Bertz CT molecular complexity index is 136. The van der Waals surface area contributed by atoms with Crippen LogP contribution in [0, 0.1) is 0 Å². The van der Waals surface area contributed by atoms with Crippen molar-refractivity contribution in [2.75, 3.05) is 20.3 Å². The van der Waals surface area contributed by atoms with Gasteiger partial charge in [0, 0.05) is 7.11 Å². The van der Waals surface area contributed by atoms with Crippen molar-refractivity contribution in [3.05, 3.63) is 24.0 Å². The van der Waals surface area contributed by atoms with Gasteiger partial charge in [-0.25, -0.2) is 0 Å². The van der Waals surface area contributed by atoms with E-state index in [0.29, 0.717) is 13.2 Å². The monoisotopic (exact) mass is 156 g/mol. The van der Waals surface area contributed by atoms with Crippen LogP contribution < -0.4 is 0 Å². The van der Waals surface area contributed by atoms with Crippen molar-refractivity contribution in [1.82, 2.24) is 0 Å². The number of hydrogen-bond donors (Lipinski definition) is 0. The Kier molecular flexibility index (Phi) is 6.84. The molecule has 0 saturated heterocycles. The molecule has 0 aromatic rings. The lowest BCUT2D eigenvalue weighted by Crippen LogP contribution is -1.99. The highest BCUT2D eigenvalue weighted by Gasteiger charge is 1.86. The maximum Gasteiger partial charge on any atom is 0.111 e. The summed E-state index contributed by atoms with van der Waals surface area (Å²) in [6, 6.07) is 0. The third kappa shape index (κ3) is 7.13. The molecule has 0 radical (unpaired) electrons. The molecule has 0 aromatic carbocycles. The molecule has 0 aliphatic rings. The van der Waals surface area contributed by atoms with Crippen LogP contribution in [-0.2, 0) is 9.47 Å². The summed E-state index contributed by atoms with van der Waals surface area (Å²) in [7, 11) is 1.66. The lowest BCUT2D eigenvalue weighted by molar-refractivity contribution is 0.110. The predicted molar refractivity (Wildman–Crippen MR) is 46.4 cm³/mol. The standard InChI is InChI=1S/C9H16O2/c1-4-5-6-9(2)11-8-7-10-3/h4-6H,7-8H2,1-3H3/b5-4-,9-6+. The minimum Gasteiger partial charge on any atom is -0.496 e. The number of ether oxygens (including phenoxy) is 2. The molecule has 0 heterocycles. The fraction of sp³-hybridized carbons (Fsp3) is 0.556. The summed E-state index contributed by atoms with van der Waals surface area (Å²) in [5.74, 6) is 0.917. The fourth-order valence-corrected chi connectivity index (χ4v) is 0.566. The van der Waals surface area contributed by atoms with Gasteiger partial charge in [-0.2, -0.15) is 0 Å². The van der Waals surface area contributed by atoms with Crippen molar-refractivity contribution in [1.29, 1.82) is 0 Å². The van der Waals surface area contributed by atoms with E-state index in [9.17, 15) is 0 Å². The highest BCUT2D eigenvalue weighted by molar-refractivity contribution is 5.04. The summed E-state index contributed by atoms with van der Waals surface area (Å²) < 4.78 is 10.1. The first-order valence-corrected chi connectivity index (χ1v) is 3.72. The third-order valence-electron chi connectivity index (χ3n) is 1.14. The Balaban J connectivity index is 3.42. The van der Waals surface area contributed by atoms with Crippen LogP contribution in [0.5, 0.6) is 0 Å². The Labute approximate surface area is 68.5 Å². The summed E-state index contributed by atoms with van der Waals surface area (Å²) in [5.41, 5.74) is 0. The van der Waals surface area contributed by atoms with Gasteiger partial charge in [0.2, 0.25) is 0 Å². The van der Waals surface area contributed by atoms with Gasteiger partial charge in [0.1, 0.15) is 6.61 Å². The molecule has 11 heavy (non-hydrogen) atoms. The molecule has 0 fully saturated rings. The van der Waals surface area contributed by atoms with Gasteiger partial charge in [0.25, 0.3) is 0 Å². The Morgan fingerprint density at radius 1 is 1.36 bits per heavy atom. The van der Waals surface area contributed by atoms with E-state index in [0.717, 1.165) is 5.76 Å². The molecular weight excluding hydrogens is 140 g/mol. The molecule has 0 amide bonds. The van der Waals surface area contributed by atoms with Gasteiger partial charge in [0.15, 0.2) is 0 Å². The number of hydrogen-bond acceptors (Lipinski definition) is 2. The Hall–Kier alpha value is -0.760. The summed E-state index contributed by atoms with van der Waals surface area (Å²) in [5, 5.41) is 0. The maximum absolute atomic E-state index is 5.27. The molecule has 0 N–H and O–H groups in total. The zero-order valence-electron chi connectivity index (χ0n) is 7.46. The molecule has 0 spiro atoms.